The second-order valence-electron chi connectivity index (χ2n) is 6.65. The molecule has 1 saturated heterocycles. The fourth-order valence-electron chi connectivity index (χ4n) is 2.74. The number of halogens is 1. The first kappa shape index (κ1) is 22.2. The maximum atomic E-state index is 12.2. The molecule has 2 N–H and O–H groups in total. The second kappa shape index (κ2) is 9.18. The Morgan fingerprint density at radius 1 is 1.36 bits per heavy atom. The molecule has 0 radical (unpaired) electrons. The minimum atomic E-state index is -3.07. The van der Waals surface area contributed by atoms with E-state index in [9.17, 15) is 13.5 Å². The standard InChI is InChI=1S/C17H27N3O3S.HI/c1-4-18-16(19-11-14-6-5-7-15(10-14)12-21)20-8-9-24(22,23)17(2,3)13-20;/h5-7,10,21H,4,8-9,11-13H2,1-3H3,(H,18,19);1H. The van der Waals surface area contributed by atoms with E-state index in [1.54, 1.807) is 13.8 Å². The third kappa shape index (κ3) is 5.55. The van der Waals surface area contributed by atoms with Crippen LogP contribution in [0.4, 0.5) is 0 Å². The highest BCUT2D eigenvalue weighted by Gasteiger charge is 2.40. The summed E-state index contributed by atoms with van der Waals surface area (Å²) in [6.45, 7) is 7.63. The molecule has 2 rings (SSSR count). The van der Waals surface area contributed by atoms with Crippen molar-refractivity contribution in [3.05, 3.63) is 35.4 Å². The van der Waals surface area contributed by atoms with Gasteiger partial charge in [0.05, 0.1) is 23.7 Å². The van der Waals surface area contributed by atoms with Crippen molar-refractivity contribution in [3.8, 4) is 0 Å². The molecule has 0 bridgehead atoms. The molecule has 0 spiro atoms. The van der Waals surface area contributed by atoms with Crippen molar-refractivity contribution in [1.82, 2.24) is 10.2 Å². The second-order valence-corrected chi connectivity index (χ2v) is 9.39. The lowest BCUT2D eigenvalue weighted by molar-refractivity contribution is 0.281. The predicted molar refractivity (Wildman–Crippen MR) is 112 cm³/mol. The first-order valence-electron chi connectivity index (χ1n) is 8.23. The number of sulfone groups is 1. The van der Waals surface area contributed by atoms with Crippen molar-refractivity contribution >= 4 is 39.8 Å². The van der Waals surface area contributed by atoms with Gasteiger partial charge in [-0.25, -0.2) is 13.4 Å². The number of rotatable bonds is 4. The van der Waals surface area contributed by atoms with E-state index >= 15 is 0 Å². The van der Waals surface area contributed by atoms with Gasteiger partial charge in [-0.3, -0.25) is 0 Å². The number of benzene rings is 1. The summed E-state index contributed by atoms with van der Waals surface area (Å²) in [4.78, 5) is 6.67. The summed E-state index contributed by atoms with van der Waals surface area (Å²) >= 11 is 0. The molecule has 142 valence electrons. The fourth-order valence-corrected chi connectivity index (χ4v) is 4.11. The number of aliphatic hydroxyl groups is 1. The molecule has 0 atom stereocenters. The van der Waals surface area contributed by atoms with E-state index in [2.05, 4.69) is 10.3 Å². The maximum absolute atomic E-state index is 12.2. The Labute approximate surface area is 167 Å². The van der Waals surface area contributed by atoms with Crippen LogP contribution in [0.25, 0.3) is 0 Å². The van der Waals surface area contributed by atoms with Gasteiger partial charge in [-0.1, -0.05) is 24.3 Å². The molecule has 1 aliphatic heterocycles. The molecular formula is C17H28IN3O3S. The third-order valence-corrected chi connectivity index (χ3v) is 6.80. The van der Waals surface area contributed by atoms with Crippen LogP contribution in [0.15, 0.2) is 29.3 Å². The van der Waals surface area contributed by atoms with Crippen molar-refractivity contribution in [2.45, 2.75) is 38.7 Å². The largest absolute Gasteiger partial charge is 0.392 e. The molecule has 0 saturated carbocycles. The highest BCUT2D eigenvalue weighted by Crippen LogP contribution is 2.23. The average molecular weight is 481 g/mol. The molecule has 1 aromatic carbocycles. The molecule has 0 aromatic heterocycles. The average Bonchev–Trinajstić information content (AvgIpc) is 2.54. The third-order valence-electron chi connectivity index (χ3n) is 4.26. The predicted octanol–water partition coefficient (Wildman–Crippen LogP) is 1.77. The van der Waals surface area contributed by atoms with E-state index in [0.29, 0.717) is 19.6 Å². The van der Waals surface area contributed by atoms with Crippen LogP contribution in [-0.4, -0.2) is 54.5 Å². The van der Waals surface area contributed by atoms with Gasteiger partial charge in [0.1, 0.15) is 0 Å². The lowest BCUT2D eigenvalue weighted by Crippen LogP contribution is -2.57. The number of guanidine groups is 1. The zero-order chi connectivity index (χ0) is 17.8. The van der Waals surface area contributed by atoms with Gasteiger partial charge in [-0.2, -0.15) is 0 Å². The van der Waals surface area contributed by atoms with Gasteiger partial charge >= 0.3 is 0 Å². The molecule has 1 fully saturated rings. The smallest absolute Gasteiger partial charge is 0.194 e. The Balaban J connectivity index is 0.00000312. The number of aliphatic imine (C=N–C) groups is 1. The van der Waals surface area contributed by atoms with E-state index in [1.807, 2.05) is 36.1 Å². The summed E-state index contributed by atoms with van der Waals surface area (Å²) in [5.74, 6) is 0.875. The Kier molecular flexibility index (Phi) is 8.14. The van der Waals surface area contributed by atoms with Gasteiger partial charge in [-0.15, -0.1) is 24.0 Å². The zero-order valence-corrected chi connectivity index (χ0v) is 18.2. The molecule has 0 unspecified atom stereocenters. The minimum Gasteiger partial charge on any atom is -0.392 e. The van der Waals surface area contributed by atoms with Crippen LogP contribution in [0, 0.1) is 0 Å². The van der Waals surface area contributed by atoms with Gasteiger partial charge in [0, 0.05) is 19.6 Å². The summed E-state index contributed by atoms with van der Waals surface area (Å²) in [5, 5.41) is 12.5. The van der Waals surface area contributed by atoms with E-state index in [4.69, 9.17) is 0 Å². The minimum absolute atomic E-state index is 0. The van der Waals surface area contributed by atoms with Crippen LogP contribution in [0.5, 0.6) is 0 Å². The normalized spacial score (nSPS) is 19.2. The lowest BCUT2D eigenvalue weighted by Gasteiger charge is -2.39. The van der Waals surface area contributed by atoms with Crippen molar-refractivity contribution < 1.29 is 13.5 Å². The number of hydrogen-bond acceptors (Lipinski definition) is 4. The Morgan fingerprint density at radius 3 is 2.64 bits per heavy atom. The van der Waals surface area contributed by atoms with Crippen LogP contribution in [0.2, 0.25) is 0 Å². The quantitative estimate of drug-likeness (QED) is 0.389. The van der Waals surface area contributed by atoms with Gasteiger partial charge in [-0.05, 0) is 31.9 Å². The Hall–Kier alpha value is -0.870. The first-order chi connectivity index (χ1) is 11.3. The van der Waals surface area contributed by atoms with Crippen molar-refractivity contribution in [3.63, 3.8) is 0 Å². The molecule has 0 amide bonds. The topological polar surface area (TPSA) is 82.0 Å². The van der Waals surface area contributed by atoms with Crippen LogP contribution in [-0.2, 0) is 23.0 Å². The van der Waals surface area contributed by atoms with Gasteiger partial charge < -0.3 is 15.3 Å². The number of nitrogens with one attached hydrogen (secondary N) is 1. The van der Waals surface area contributed by atoms with Crippen molar-refractivity contribution in [1.29, 1.82) is 0 Å². The molecular weight excluding hydrogens is 453 g/mol. The lowest BCUT2D eigenvalue weighted by atomic mass is 10.1. The first-order valence-corrected chi connectivity index (χ1v) is 9.88. The highest BCUT2D eigenvalue weighted by molar-refractivity contribution is 14.0. The summed E-state index contributed by atoms with van der Waals surface area (Å²) in [7, 11) is -3.07. The van der Waals surface area contributed by atoms with Crippen LogP contribution < -0.4 is 5.32 Å². The summed E-state index contributed by atoms with van der Waals surface area (Å²) < 4.78 is 23.6. The van der Waals surface area contributed by atoms with Crippen molar-refractivity contribution in [2.24, 2.45) is 4.99 Å². The fraction of sp³-hybridized carbons (Fsp3) is 0.588. The summed E-state index contributed by atoms with van der Waals surface area (Å²) in [6.07, 6.45) is 0. The van der Waals surface area contributed by atoms with Crippen LogP contribution in [0.1, 0.15) is 31.9 Å². The number of nitrogens with zero attached hydrogens (tertiary/aromatic N) is 2. The molecule has 1 aromatic rings. The van der Waals surface area contributed by atoms with Crippen LogP contribution >= 0.6 is 24.0 Å². The van der Waals surface area contributed by atoms with Crippen molar-refractivity contribution in [2.75, 3.05) is 25.4 Å². The van der Waals surface area contributed by atoms with Gasteiger partial charge in [0.15, 0.2) is 15.8 Å². The zero-order valence-electron chi connectivity index (χ0n) is 15.0. The van der Waals surface area contributed by atoms with E-state index < -0.39 is 14.6 Å². The molecule has 1 heterocycles. The highest BCUT2D eigenvalue weighted by atomic mass is 127. The number of hydrogen-bond donors (Lipinski definition) is 2. The summed E-state index contributed by atoms with van der Waals surface area (Å²) in [6, 6.07) is 7.67. The van der Waals surface area contributed by atoms with E-state index in [0.717, 1.165) is 23.6 Å². The van der Waals surface area contributed by atoms with E-state index in [-0.39, 0.29) is 36.3 Å². The monoisotopic (exact) mass is 481 g/mol. The van der Waals surface area contributed by atoms with Gasteiger partial charge in [0.2, 0.25) is 0 Å². The SMILES string of the molecule is CCNC(=NCc1cccc(CO)c1)N1CCS(=O)(=O)C(C)(C)C1.I. The van der Waals surface area contributed by atoms with E-state index in [1.165, 1.54) is 0 Å². The molecule has 6 nitrogen and oxygen atoms in total. The number of aliphatic hydroxyl groups excluding tert-OH is 1. The molecule has 1 aliphatic rings. The molecule has 8 heteroatoms. The molecule has 0 aliphatic carbocycles. The maximum Gasteiger partial charge on any atom is 0.194 e. The summed E-state index contributed by atoms with van der Waals surface area (Å²) in [5.41, 5.74) is 1.87. The Bertz CT molecular complexity index is 705. The Morgan fingerprint density at radius 2 is 2.04 bits per heavy atom. The molecule has 25 heavy (non-hydrogen) atoms. The van der Waals surface area contributed by atoms with Gasteiger partial charge in [0.25, 0.3) is 0 Å². The van der Waals surface area contributed by atoms with Crippen LogP contribution in [0.3, 0.4) is 0 Å².